The van der Waals surface area contributed by atoms with Crippen molar-refractivity contribution in [1.29, 1.82) is 0 Å². The van der Waals surface area contributed by atoms with Crippen LogP contribution in [0.2, 0.25) is 0 Å². The van der Waals surface area contributed by atoms with Crippen LogP contribution in [-0.2, 0) is 4.79 Å². The van der Waals surface area contributed by atoms with Crippen LogP contribution in [-0.4, -0.2) is 47.2 Å². The second-order valence-electron chi connectivity index (χ2n) is 6.53. The zero-order valence-electron chi connectivity index (χ0n) is 13.6. The van der Waals surface area contributed by atoms with E-state index in [-0.39, 0.29) is 0 Å². The van der Waals surface area contributed by atoms with Gasteiger partial charge in [-0.15, -0.1) is 0 Å². The zero-order valence-corrected chi connectivity index (χ0v) is 13.6. The van der Waals surface area contributed by atoms with Crippen LogP contribution in [0.5, 0.6) is 0 Å². The molecule has 4 heteroatoms. The van der Waals surface area contributed by atoms with Crippen molar-refractivity contribution >= 4 is 5.97 Å². The van der Waals surface area contributed by atoms with E-state index in [9.17, 15) is 9.90 Å². The van der Waals surface area contributed by atoms with Crippen molar-refractivity contribution in [3.63, 3.8) is 0 Å². The normalized spacial score (nSPS) is 25.1. The van der Waals surface area contributed by atoms with Crippen molar-refractivity contribution in [2.45, 2.75) is 71.4 Å². The Morgan fingerprint density at radius 2 is 2.20 bits per heavy atom. The minimum Gasteiger partial charge on any atom is -0.480 e. The number of carboxylic acid groups (broad SMARTS) is 1. The van der Waals surface area contributed by atoms with Crippen LogP contribution in [0.4, 0.5) is 0 Å². The molecule has 1 rings (SSSR count). The molecule has 20 heavy (non-hydrogen) atoms. The van der Waals surface area contributed by atoms with Crippen molar-refractivity contribution in [2.24, 2.45) is 5.92 Å². The highest BCUT2D eigenvalue weighted by Crippen LogP contribution is 2.24. The van der Waals surface area contributed by atoms with Crippen molar-refractivity contribution in [2.75, 3.05) is 19.6 Å². The highest BCUT2D eigenvalue weighted by Gasteiger charge is 2.36. The number of piperidine rings is 1. The smallest absolute Gasteiger partial charge is 0.323 e. The first kappa shape index (κ1) is 17.4. The molecule has 0 amide bonds. The standard InChI is InChI=1S/C16H32N2O2/c1-5-9-17-16(4,15(19)20)11-13(3)18-10-7-8-14(6-2)12-18/h13-14,17H,5-12H2,1-4H3,(H,19,20). The first-order valence-electron chi connectivity index (χ1n) is 8.15. The number of aliphatic carboxylic acids is 1. The van der Waals surface area contributed by atoms with Crippen LogP contribution in [0.3, 0.4) is 0 Å². The fourth-order valence-electron chi connectivity index (χ4n) is 3.19. The van der Waals surface area contributed by atoms with Gasteiger partial charge < -0.3 is 15.3 Å². The third kappa shape index (κ3) is 4.74. The Balaban J connectivity index is 2.60. The van der Waals surface area contributed by atoms with Gasteiger partial charge in [0.1, 0.15) is 5.54 Å². The molecule has 0 saturated carbocycles. The van der Waals surface area contributed by atoms with Gasteiger partial charge in [-0.2, -0.15) is 0 Å². The molecule has 3 unspecified atom stereocenters. The Bertz CT molecular complexity index is 309. The summed E-state index contributed by atoms with van der Waals surface area (Å²) in [5, 5.41) is 12.7. The number of nitrogens with zero attached hydrogens (tertiary/aromatic N) is 1. The van der Waals surface area contributed by atoms with Crippen LogP contribution < -0.4 is 5.32 Å². The Labute approximate surface area is 123 Å². The number of hydrogen-bond acceptors (Lipinski definition) is 3. The lowest BCUT2D eigenvalue weighted by Crippen LogP contribution is -2.54. The van der Waals surface area contributed by atoms with E-state index in [1.54, 1.807) is 0 Å². The topological polar surface area (TPSA) is 52.6 Å². The monoisotopic (exact) mass is 284 g/mol. The molecular weight excluding hydrogens is 252 g/mol. The first-order chi connectivity index (χ1) is 9.42. The number of nitrogens with one attached hydrogen (secondary N) is 1. The highest BCUT2D eigenvalue weighted by molar-refractivity contribution is 5.78. The third-order valence-corrected chi connectivity index (χ3v) is 4.69. The van der Waals surface area contributed by atoms with Gasteiger partial charge in [-0.25, -0.2) is 0 Å². The Morgan fingerprint density at radius 1 is 1.50 bits per heavy atom. The molecule has 3 atom stereocenters. The summed E-state index contributed by atoms with van der Waals surface area (Å²) in [5.74, 6) is 0.0488. The van der Waals surface area contributed by atoms with Gasteiger partial charge in [0.05, 0.1) is 0 Å². The predicted octanol–water partition coefficient (Wildman–Crippen LogP) is 2.73. The summed E-state index contributed by atoms with van der Waals surface area (Å²) in [6, 6.07) is 0.315. The van der Waals surface area contributed by atoms with E-state index in [2.05, 4.69) is 31.0 Å². The fraction of sp³-hybridized carbons (Fsp3) is 0.938. The molecule has 0 aromatic heterocycles. The predicted molar refractivity (Wildman–Crippen MR) is 83.0 cm³/mol. The first-order valence-corrected chi connectivity index (χ1v) is 8.15. The summed E-state index contributed by atoms with van der Waals surface area (Å²) in [7, 11) is 0. The molecule has 1 heterocycles. The minimum absolute atomic E-state index is 0.315. The van der Waals surface area contributed by atoms with Crippen LogP contribution in [0.15, 0.2) is 0 Å². The molecule has 1 saturated heterocycles. The summed E-state index contributed by atoms with van der Waals surface area (Å²) in [5.41, 5.74) is -0.811. The molecule has 0 radical (unpaired) electrons. The van der Waals surface area contributed by atoms with Crippen molar-refractivity contribution in [1.82, 2.24) is 10.2 Å². The summed E-state index contributed by atoms with van der Waals surface area (Å²) in [6.45, 7) is 11.3. The number of carboxylic acids is 1. The molecule has 1 aliphatic heterocycles. The van der Waals surface area contributed by atoms with Gasteiger partial charge in [-0.1, -0.05) is 20.3 Å². The molecule has 0 spiro atoms. The molecule has 1 aliphatic rings. The summed E-state index contributed by atoms with van der Waals surface area (Å²) in [6.07, 6.45) is 5.42. The van der Waals surface area contributed by atoms with Crippen molar-refractivity contribution in [3.8, 4) is 0 Å². The van der Waals surface area contributed by atoms with Gasteiger partial charge >= 0.3 is 5.97 Å². The van der Waals surface area contributed by atoms with Gasteiger partial charge in [0, 0.05) is 12.6 Å². The van der Waals surface area contributed by atoms with E-state index in [0.717, 1.165) is 32.0 Å². The average Bonchev–Trinajstić information content (AvgIpc) is 2.45. The SMILES string of the molecule is CCCNC(C)(CC(C)N1CCCC(CC)C1)C(=O)O. The van der Waals surface area contributed by atoms with Crippen LogP contribution in [0, 0.1) is 5.92 Å². The van der Waals surface area contributed by atoms with Gasteiger partial charge in [0.2, 0.25) is 0 Å². The molecular formula is C16H32N2O2. The number of rotatable bonds is 8. The summed E-state index contributed by atoms with van der Waals surface area (Å²) < 4.78 is 0. The van der Waals surface area contributed by atoms with E-state index in [1.165, 1.54) is 19.3 Å². The maximum atomic E-state index is 11.6. The second-order valence-corrected chi connectivity index (χ2v) is 6.53. The molecule has 1 fully saturated rings. The molecule has 0 aromatic rings. The van der Waals surface area contributed by atoms with Crippen molar-refractivity contribution < 1.29 is 9.90 Å². The van der Waals surface area contributed by atoms with Gasteiger partial charge in [0.25, 0.3) is 0 Å². The lowest BCUT2D eigenvalue weighted by atomic mass is 9.89. The minimum atomic E-state index is -0.811. The zero-order chi connectivity index (χ0) is 15.2. The Morgan fingerprint density at radius 3 is 2.75 bits per heavy atom. The van der Waals surface area contributed by atoms with E-state index in [1.807, 2.05) is 6.92 Å². The number of likely N-dealkylation sites (tertiary alicyclic amines) is 1. The van der Waals surface area contributed by atoms with Gasteiger partial charge in [-0.3, -0.25) is 4.79 Å². The molecule has 2 N–H and O–H groups in total. The Hall–Kier alpha value is -0.610. The lowest BCUT2D eigenvalue weighted by Gasteiger charge is -2.39. The molecule has 118 valence electrons. The largest absolute Gasteiger partial charge is 0.480 e. The Kier molecular flexibility index (Phi) is 6.96. The lowest BCUT2D eigenvalue weighted by molar-refractivity contribution is -0.145. The molecule has 0 bridgehead atoms. The maximum Gasteiger partial charge on any atom is 0.323 e. The molecule has 0 aromatic carbocycles. The third-order valence-electron chi connectivity index (χ3n) is 4.69. The van der Waals surface area contributed by atoms with Crippen LogP contribution >= 0.6 is 0 Å². The second kappa shape index (κ2) is 7.99. The van der Waals surface area contributed by atoms with E-state index < -0.39 is 11.5 Å². The van der Waals surface area contributed by atoms with Crippen LogP contribution in [0.25, 0.3) is 0 Å². The molecule has 4 nitrogen and oxygen atoms in total. The van der Waals surface area contributed by atoms with E-state index >= 15 is 0 Å². The number of hydrogen-bond donors (Lipinski definition) is 2. The van der Waals surface area contributed by atoms with E-state index in [4.69, 9.17) is 0 Å². The maximum absolute atomic E-state index is 11.6. The molecule has 0 aliphatic carbocycles. The van der Waals surface area contributed by atoms with Crippen molar-refractivity contribution in [3.05, 3.63) is 0 Å². The summed E-state index contributed by atoms with van der Waals surface area (Å²) >= 11 is 0. The quantitative estimate of drug-likeness (QED) is 0.719. The van der Waals surface area contributed by atoms with Gasteiger partial charge in [0.15, 0.2) is 0 Å². The van der Waals surface area contributed by atoms with Gasteiger partial charge in [-0.05, 0) is 58.5 Å². The highest BCUT2D eigenvalue weighted by atomic mass is 16.4. The fourth-order valence-corrected chi connectivity index (χ4v) is 3.19. The van der Waals surface area contributed by atoms with Crippen LogP contribution in [0.1, 0.15) is 59.8 Å². The summed E-state index contributed by atoms with van der Waals surface area (Å²) in [4.78, 5) is 14.1. The van der Waals surface area contributed by atoms with E-state index in [0.29, 0.717) is 12.5 Å². The number of carbonyl (C=O) groups is 1. The average molecular weight is 284 g/mol.